The third-order valence-corrected chi connectivity index (χ3v) is 4.41. The summed E-state index contributed by atoms with van der Waals surface area (Å²) in [5.74, 6) is 0.813. The summed E-state index contributed by atoms with van der Waals surface area (Å²) in [7, 11) is 1.79. The topological polar surface area (TPSA) is 52.5 Å². The second kappa shape index (κ2) is 13.5. The first-order chi connectivity index (χ1) is 12.7. The molecule has 1 heterocycles. The van der Waals surface area contributed by atoms with Gasteiger partial charge in [0.15, 0.2) is 5.96 Å². The van der Waals surface area contributed by atoms with Gasteiger partial charge in [-0.2, -0.15) is 0 Å². The third-order valence-electron chi connectivity index (χ3n) is 4.41. The summed E-state index contributed by atoms with van der Waals surface area (Å²) in [6, 6.07) is 14.8. The fourth-order valence-electron chi connectivity index (χ4n) is 2.73. The molecule has 6 heteroatoms. The smallest absolute Gasteiger partial charge is 0.191 e. The van der Waals surface area contributed by atoms with Crippen molar-refractivity contribution in [2.45, 2.75) is 33.4 Å². The average molecular weight is 481 g/mol. The molecule has 0 saturated carbocycles. The second-order valence-corrected chi connectivity index (χ2v) is 6.20. The molecular weight excluding hydrogens is 449 g/mol. The van der Waals surface area contributed by atoms with Crippen LogP contribution in [0, 0.1) is 0 Å². The summed E-state index contributed by atoms with van der Waals surface area (Å²) in [6.07, 6.45) is 2.70. The Morgan fingerprint density at radius 3 is 2.30 bits per heavy atom. The van der Waals surface area contributed by atoms with Crippen LogP contribution in [-0.4, -0.2) is 42.5 Å². The molecule has 0 saturated heterocycles. The van der Waals surface area contributed by atoms with Crippen molar-refractivity contribution in [3.05, 3.63) is 65.5 Å². The first kappa shape index (κ1) is 23.4. The molecular formula is C21H32IN5. The van der Waals surface area contributed by atoms with Crippen molar-refractivity contribution in [1.29, 1.82) is 0 Å². The van der Waals surface area contributed by atoms with E-state index in [9.17, 15) is 0 Å². The van der Waals surface area contributed by atoms with E-state index in [1.165, 1.54) is 11.1 Å². The van der Waals surface area contributed by atoms with E-state index in [1.54, 1.807) is 7.05 Å². The first-order valence-electron chi connectivity index (χ1n) is 9.39. The van der Waals surface area contributed by atoms with Gasteiger partial charge >= 0.3 is 0 Å². The minimum absolute atomic E-state index is 0. The number of benzene rings is 1. The van der Waals surface area contributed by atoms with Crippen molar-refractivity contribution in [2.75, 3.05) is 26.7 Å². The lowest BCUT2D eigenvalue weighted by Crippen LogP contribution is -2.37. The van der Waals surface area contributed by atoms with E-state index in [0.717, 1.165) is 50.8 Å². The molecule has 0 amide bonds. The number of guanidine groups is 1. The van der Waals surface area contributed by atoms with Gasteiger partial charge in [-0.1, -0.05) is 44.2 Å². The number of halogens is 1. The molecule has 2 N–H and O–H groups in total. The minimum Gasteiger partial charge on any atom is -0.356 e. The van der Waals surface area contributed by atoms with Crippen molar-refractivity contribution in [2.24, 2.45) is 4.99 Å². The highest BCUT2D eigenvalue weighted by molar-refractivity contribution is 14.0. The van der Waals surface area contributed by atoms with E-state index in [2.05, 4.69) is 63.6 Å². The summed E-state index contributed by atoms with van der Waals surface area (Å²) in [6.45, 7) is 9.15. The van der Waals surface area contributed by atoms with Gasteiger partial charge < -0.3 is 10.6 Å². The molecule has 0 bridgehead atoms. The van der Waals surface area contributed by atoms with Gasteiger partial charge in [-0.25, -0.2) is 0 Å². The van der Waals surface area contributed by atoms with Gasteiger partial charge in [0.25, 0.3) is 0 Å². The number of hydrogen-bond acceptors (Lipinski definition) is 3. The molecule has 0 fully saturated rings. The van der Waals surface area contributed by atoms with Crippen LogP contribution in [-0.2, 0) is 19.5 Å². The Kier molecular flexibility index (Phi) is 11.7. The number of nitrogens with one attached hydrogen (secondary N) is 2. The summed E-state index contributed by atoms with van der Waals surface area (Å²) in [5.41, 5.74) is 3.69. The summed E-state index contributed by atoms with van der Waals surface area (Å²) < 4.78 is 0. The Labute approximate surface area is 180 Å². The van der Waals surface area contributed by atoms with Gasteiger partial charge in [0.1, 0.15) is 0 Å². The molecule has 2 aromatic rings. The van der Waals surface area contributed by atoms with Gasteiger partial charge in [-0.05, 0) is 36.3 Å². The Bertz CT molecular complexity index is 654. The van der Waals surface area contributed by atoms with E-state index >= 15 is 0 Å². The fourth-order valence-corrected chi connectivity index (χ4v) is 2.73. The van der Waals surface area contributed by atoms with Crippen LogP contribution in [0.15, 0.2) is 53.7 Å². The first-order valence-corrected chi connectivity index (χ1v) is 9.39. The van der Waals surface area contributed by atoms with E-state index < -0.39 is 0 Å². The van der Waals surface area contributed by atoms with Crippen LogP contribution in [0.3, 0.4) is 0 Å². The van der Waals surface area contributed by atoms with Crippen molar-refractivity contribution < 1.29 is 0 Å². The average Bonchev–Trinajstić information content (AvgIpc) is 2.70. The zero-order valence-electron chi connectivity index (χ0n) is 16.6. The van der Waals surface area contributed by atoms with Gasteiger partial charge in [-0.3, -0.25) is 14.9 Å². The number of hydrogen-bond donors (Lipinski definition) is 2. The van der Waals surface area contributed by atoms with Crippen LogP contribution < -0.4 is 10.6 Å². The maximum Gasteiger partial charge on any atom is 0.191 e. The predicted octanol–water partition coefficient (Wildman–Crippen LogP) is 3.45. The molecule has 0 aliphatic heterocycles. The molecule has 0 spiro atoms. The number of rotatable bonds is 9. The highest BCUT2D eigenvalue weighted by Crippen LogP contribution is 2.07. The molecule has 0 unspecified atom stereocenters. The molecule has 1 aromatic carbocycles. The van der Waals surface area contributed by atoms with Gasteiger partial charge in [-0.15, -0.1) is 24.0 Å². The van der Waals surface area contributed by atoms with Crippen LogP contribution in [0.4, 0.5) is 0 Å². The lowest BCUT2D eigenvalue weighted by molar-refractivity contribution is 0.296. The largest absolute Gasteiger partial charge is 0.356 e. The van der Waals surface area contributed by atoms with Crippen LogP contribution in [0.2, 0.25) is 0 Å². The van der Waals surface area contributed by atoms with Crippen molar-refractivity contribution in [3.63, 3.8) is 0 Å². The molecule has 0 aliphatic carbocycles. The molecule has 0 radical (unpaired) electrons. The number of nitrogens with zero attached hydrogens (tertiary/aromatic N) is 3. The molecule has 5 nitrogen and oxygen atoms in total. The van der Waals surface area contributed by atoms with Crippen LogP contribution in [0.5, 0.6) is 0 Å². The van der Waals surface area contributed by atoms with E-state index in [0.29, 0.717) is 0 Å². The Balaban J connectivity index is 0.00000364. The minimum atomic E-state index is 0. The molecule has 2 rings (SSSR count). The second-order valence-electron chi connectivity index (χ2n) is 6.20. The molecule has 0 atom stereocenters. The van der Waals surface area contributed by atoms with Gasteiger partial charge in [0.05, 0.1) is 0 Å². The normalized spacial score (nSPS) is 11.2. The predicted molar refractivity (Wildman–Crippen MR) is 125 cm³/mol. The zero-order valence-corrected chi connectivity index (χ0v) is 18.9. The Hall–Kier alpha value is -1.67. The lowest BCUT2D eigenvalue weighted by atomic mass is 10.1. The standard InChI is InChI=1S/C21H31N5.HI/c1-4-26(5-2)17-19-11-9-18(10-12-19)16-25-21(22-3)24-15-13-20-8-6-7-14-23-20;/h6-12,14H,4-5,13,15-17H2,1-3H3,(H2,22,24,25);1H. The van der Waals surface area contributed by atoms with E-state index in [1.807, 2.05) is 24.4 Å². The van der Waals surface area contributed by atoms with Gasteiger partial charge in [0.2, 0.25) is 0 Å². The number of aromatic nitrogens is 1. The van der Waals surface area contributed by atoms with Gasteiger partial charge in [0, 0.05) is 45.0 Å². The highest BCUT2D eigenvalue weighted by Gasteiger charge is 2.02. The Morgan fingerprint density at radius 1 is 1.00 bits per heavy atom. The maximum absolute atomic E-state index is 4.33. The maximum atomic E-state index is 4.33. The number of pyridine rings is 1. The molecule has 27 heavy (non-hydrogen) atoms. The SMILES string of the molecule is CCN(CC)Cc1ccc(CNC(=NC)NCCc2ccccn2)cc1.I. The summed E-state index contributed by atoms with van der Waals surface area (Å²) in [5, 5.41) is 6.70. The quantitative estimate of drug-likeness (QED) is 0.327. The molecule has 148 valence electrons. The third kappa shape index (κ3) is 8.71. The van der Waals surface area contributed by atoms with Crippen molar-refractivity contribution in [1.82, 2.24) is 20.5 Å². The van der Waals surface area contributed by atoms with E-state index in [-0.39, 0.29) is 24.0 Å². The summed E-state index contributed by atoms with van der Waals surface area (Å²) in [4.78, 5) is 11.0. The summed E-state index contributed by atoms with van der Waals surface area (Å²) >= 11 is 0. The fraction of sp³-hybridized carbons (Fsp3) is 0.429. The van der Waals surface area contributed by atoms with Crippen LogP contribution in [0.1, 0.15) is 30.7 Å². The van der Waals surface area contributed by atoms with Crippen molar-refractivity contribution in [3.8, 4) is 0 Å². The lowest BCUT2D eigenvalue weighted by Gasteiger charge is -2.18. The monoisotopic (exact) mass is 481 g/mol. The van der Waals surface area contributed by atoms with Crippen LogP contribution >= 0.6 is 24.0 Å². The highest BCUT2D eigenvalue weighted by atomic mass is 127. The zero-order chi connectivity index (χ0) is 18.6. The van der Waals surface area contributed by atoms with E-state index in [4.69, 9.17) is 0 Å². The molecule has 0 aliphatic rings. The number of aliphatic imine (C=N–C) groups is 1. The van der Waals surface area contributed by atoms with Crippen LogP contribution in [0.25, 0.3) is 0 Å². The molecule has 1 aromatic heterocycles. The van der Waals surface area contributed by atoms with Crippen molar-refractivity contribution >= 4 is 29.9 Å². The Morgan fingerprint density at radius 2 is 1.70 bits per heavy atom.